The number of hydrogen-bond acceptors (Lipinski definition) is 4. The minimum absolute atomic E-state index is 0.422. The lowest BCUT2D eigenvalue weighted by Gasteiger charge is -2.19. The van der Waals surface area contributed by atoms with Gasteiger partial charge in [-0.05, 0) is 59.1 Å². The van der Waals surface area contributed by atoms with E-state index in [-0.39, 0.29) is 0 Å². The van der Waals surface area contributed by atoms with Crippen LogP contribution >= 0.6 is 0 Å². The van der Waals surface area contributed by atoms with Crippen molar-refractivity contribution in [3.63, 3.8) is 0 Å². The summed E-state index contributed by atoms with van der Waals surface area (Å²) in [5.74, 6) is -0.0380. The number of carboxylic acid groups (broad SMARTS) is 1. The molecule has 6 heteroatoms. The number of carboxylic acids is 1. The summed E-state index contributed by atoms with van der Waals surface area (Å²) in [6.45, 7) is 8.89. The maximum absolute atomic E-state index is 10.8. The third kappa shape index (κ3) is 9.02. The molecule has 2 rings (SSSR count). The number of carbonyl (C=O) groups excluding carboxylic acids is 1. The molecule has 1 aromatic carbocycles. The third-order valence-electron chi connectivity index (χ3n) is 2.93. The molecule has 1 fully saturated rings. The number of ether oxygens (including phenoxy) is 2. The van der Waals surface area contributed by atoms with E-state index in [4.69, 9.17) is 14.6 Å². The molecule has 0 atom stereocenters. The zero-order valence-corrected chi connectivity index (χ0v) is 15.0. The van der Waals surface area contributed by atoms with Gasteiger partial charge in [0, 0.05) is 0 Å². The smallest absolute Gasteiger partial charge is 0.408 e. The second kappa shape index (κ2) is 8.57. The van der Waals surface area contributed by atoms with Gasteiger partial charge in [0.1, 0.15) is 17.9 Å². The van der Waals surface area contributed by atoms with Gasteiger partial charge in [-0.2, -0.15) is 0 Å². The number of hydrogen-bond donors (Lipinski definition) is 2. The molecular weight excluding hydrogens is 310 g/mol. The number of nitrogens with one attached hydrogen (secondary N) is 1. The molecule has 0 radical (unpaired) electrons. The van der Waals surface area contributed by atoms with E-state index >= 15 is 0 Å². The molecule has 0 aromatic heterocycles. The minimum atomic E-state index is -1.10. The van der Waals surface area contributed by atoms with E-state index in [0.29, 0.717) is 6.10 Å². The molecule has 1 aliphatic rings. The van der Waals surface area contributed by atoms with Gasteiger partial charge in [-0.1, -0.05) is 17.7 Å². The molecule has 0 spiro atoms. The summed E-state index contributed by atoms with van der Waals surface area (Å²) in [6, 6.07) is 6.34. The minimum Gasteiger partial charge on any atom is -0.490 e. The second-order valence-electron chi connectivity index (χ2n) is 6.84. The SMILES string of the molecule is CC(C)(C)OC(=O)NCC(=O)O.Cc1ccc(OC2CC2)c(C)c1. The van der Waals surface area contributed by atoms with Gasteiger partial charge in [-0.25, -0.2) is 4.79 Å². The predicted octanol–water partition coefficient (Wildman–Crippen LogP) is 3.44. The number of amides is 1. The highest BCUT2D eigenvalue weighted by atomic mass is 16.6. The molecule has 1 amide bonds. The van der Waals surface area contributed by atoms with Crippen molar-refractivity contribution in [3.05, 3.63) is 29.3 Å². The van der Waals surface area contributed by atoms with Crippen LogP contribution in [0.25, 0.3) is 0 Å². The molecule has 0 saturated heterocycles. The van der Waals surface area contributed by atoms with Gasteiger partial charge in [-0.3, -0.25) is 4.79 Å². The molecule has 6 nitrogen and oxygen atoms in total. The van der Waals surface area contributed by atoms with E-state index in [2.05, 4.69) is 37.4 Å². The number of carbonyl (C=O) groups is 2. The van der Waals surface area contributed by atoms with Crippen LogP contribution in [-0.4, -0.2) is 35.4 Å². The van der Waals surface area contributed by atoms with E-state index < -0.39 is 24.2 Å². The number of aryl methyl sites for hydroxylation is 2. The Labute approximate surface area is 143 Å². The number of aliphatic carboxylic acids is 1. The lowest BCUT2D eigenvalue weighted by Crippen LogP contribution is -2.35. The third-order valence-corrected chi connectivity index (χ3v) is 2.93. The molecule has 24 heavy (non-hydrogen) atoms. The first kappa shape index (κ1) is 19.8. The fourth-order valence-corrected chi connectivity index (χ4v) is 1.76. The van der Waals surface area contributed by atoms with Gasteiger partial charge in [0.25, 0.3) is 0 Å². The fraction of sp³-hybridized carbons (Fsp3) is 0.556. The topological polar surface area (TPSA) is 84.9 Å². The summed E-state index contributed by atoms with van der Waals surface area (Å²) in [5, 5.41) is 10.3. The zero-order valence-electron chi connectivity index (χ0n) is 15.0. The lowest BCUT2D eigenvalue weighted by atomic mass is 10.1. The van der Waals surface area contributed by atoms with E-state index in [1.54, 1.807) is 20.8 Å². The zero-order chi connectivity index (χ0) is 18.3. The van der Waals surface area contributed by atoms with E-state index in [1.165, 1.54) is 24.0 Å². The van der Waals surface area contributed by atoms with Crippen molar-refractivity contribution >= 4 is 12.1 Å². The summed E-state index contributed by atoms with van der Waals surface area (Å²) >= 11 is 0. The van der Waals surface area contributed by atoms with Crippen LogP contribution in [0.5, 0.6) is 5.75 Å². The van der Waals surface area contributed by atoms with Gasteiger partial charge < -0.3 is 19.9 Å². The number of rotatable bonds is 4. The van der Waals surface area contributed by atoms with Gasteiger partial charge in [0.15, 0.2) is 0 Å². The van der Waals surface area contributed by atoms with Crippen molar-refractivity contribution < 1.29 is 24.2 Å². The highest BCUT2D eigenvalue weighted by Gasteiger charge is 2.23. The maximum Gasteiger partial charge on any atom is 0.408 e. The Bertz CT molecular complexity index is 573. The van der Waals surface area contributed by atoms with Crippen molar-refractivity contribution in [2.24, 2.45) is 0 Å². The van der Waals surface area contributed by atoms with Crippen molar-refractivity contribution in [1.29, 1.82) is 0 Å². The molecule has 1 aliphatic carbocycles. The quantitative estimate of drug-likeness (QED) is 0.879. The van der Waals surface area contributed by atoms with Crippen molar-refractivity contribution in [2.45, 2.75) is 59.2 Å². The van der Waals surface area contributed by atoms with Crippen LogP contribution < -0.4 is 10.1 Å². The maximum atomic E-state index is 10.8. The Morgan fingerprint density at radius 3 is 2.33 bits per heavy atom. The molecule has 1 aromatic rings. The second-order valence-corrected chi connectivity index (χ2v) is 6.84. The number of benzene rings is 1. The normalized spacial score (nSPS) is 13.4. The summed E-state index contributed by atoms with van der Waals surface area (Å²) in [7, 11) is 0. The summed E-state index contributed by atoms with van der Waals surface area (Å²) in [5.41, 5.74) is 1.96. The molecule has 134 valence electrons. The molecule has 1 saturated carbocycles. The van der Waals surface area contributed by atoms with Crippen molar-refractivity contribution in [3.8, 4) is 5.75 Å². The highest BCUT2D eigenvalue weighted by Crippen LogP contribution is 2.29. The Morgan fingerprint density at radius 1 is 1.25 bits per heavy atom. The Balaban J connectivity index is 0.000000240. The van der Waals surface area contributed by atoms with Gasteiger partial charge in [-0.15, -0.1) is 0 Å². The Morgan fingerprint density at radius 2 is 1.88 bits per heavy atom. The highest BCUT2D eigenvalue weighted by molar-refractivity contribution is 5.76. The first-order valence-electron chi connectivity index (χ1n) is 7.99. The van der Waals surface area contributed by atoms with Gasteiger partial charge >= 0.3 is 12.1 Å². The monoisotopic (exact) mass is 337 g/mol. The summed E-state index contributed by atoms with van der Waals surface area (Å²) in [4.78, 5) is 20.8. The summed E-state index contributed by atoms with van der Waals surface area (Å²) in [6.07, 6.45) is 2.25. The fourth-order valence-electron chi connectivity index (χ4n) is 1.76. The van der Waals surface area contributed by atoms with Crippen molar-refractivity contribution in [2.75, 3.05) is 6.54 Å². The lowest BCUT2D eigenvalue weighted by molar-refractivity contribution is -0.136. The van der Waals surface area contributed by atoms with Crippen LogP contribution in [0.2, 0.25) is 0 Å². The summed E-state index contributed by atoms with van der Waals surface area (Å²) < 4.78 is 10.5. The van der Waals surface area contributed by atoms with Crippen LogP contribution in [0.3, 0.4) is 0 Å². The average molecular weight is 337 g/mol. The van der Waals surface area contributed by atoms with Gasteiger partial charge in [0.2, 0.25) is 0 Å². The standard InChI is InChI=1S/C11H14O.C7H13NO4/c1-8-3-6-11(9(2)7-8)12-10-4-5-10;1-7(2,3)12-6(11)8-4-5(9)10/h3,6-7,10H,4-5H2,1-2H3;4H2,1-3H3,(H,8,11)(H,9,10). The van der Waals surface area contributed by atoms with Crippen molar-refractivity contribution in [1.82, 2.24) is 5.32 Å². The van der Waals surface area contributed by atoms with Crippen LogP contribution in [0.1, 0.15) is 44.7 Å². The van der Waals surface area contributed by atoms with Crippen LogP contribution in [0, 0.1) is 13.8 Å². The van der Waals surface area contributed by atoms with Crippen LogP contribution in [0.4, 0.5) is 4.79 Å². The van der Waals surface area contributed by atoms with Crippen LogP contribution in [-0.2, 0) is 9.53 Å². The number of alkyl carbamates (subject to hydrolysis) is 1. The predicted molar refractivity (Wildman–Crippen MR) is 91.4 cm³/mol. The van der Waals surface area contributed by atoms with E-state index in [0.717, 1.165) is 5.75 Å². The first-order valence-corrected chi connectivity index (χ1v) is 7.99. The molecule has 0 unspecified atom stereocenters. The van der Waals surface area contributed by atoms with Gasteiger partial charge in [0.05, 0.1) is 6.10 Å². The molecule has 2 N–H and O–H groups in total. The molecule has 0 aliphatic heterocycles. The van der Waals surface area contributed by atoms with E-state index in [1.807, 2.05) is 0 Å². The average Bonchev–Trinajstić information content (AvgIpc) is 3.23. The molecular formula is C18H27NO5. The van der Waals surface area contributed by atoms with Crippen LogP contribution in [0.15, 0.2) is 18.2 Å². The largest absolute Gasteiger partial charge is 0.490 e. The Kier molecular flexibility index (Phi) is 7.07. The Hall–Kier alpha value is -2.24. The molecule has 0 heterocycles. The van der Waals surface area contributed by atoms with E-state index in [9.17, 15) is 9.59 Å². The first-order chi connectivity index (χ1) is 11.1. The molecule has 0 bridgehead atoms.